The Kier molecular flexibility index (Phi) is 2.70. The molecule has 80 valence electrons. The molecular formula is C11H14N2O2. The second-order valence-electron chi connectivity index (χ2n) is 3.77. The highest BCUT2D eigenvalue weighted by Gasteiger charge is 2.29. The predicted molar refractivity (Wildman–Crippen MR) is 56.2 cm³/mol. The fourth-order valence-electron chi connectivity index (χ4n) is 1.59. The summed E-state index contributed by atoms with van der Waals surface area (Å²) in [4.78, 5) is 13.4. The SMILES string of the molecule is NCc1ccc(C(=O)N2CC(O)C2)cc1. The van der Waals surface area contributed by atoms with Gasteiger partial charge in [0.1, 0.15) is 0 Å². The van der Waals surface area contributed by atoms with Gasteiger partial charge in [0.05, 0.1) is 6.10 Å². The van der Waals surface area contributed by atoms with Gasteiger partial charge in [-0.2, -0.15) is 0 Å². The van der Waals surface area contributed by atoms with Crippen molar-refractivity contribution in [2.24, 2.45) is 5.73 Å². The van der Waals surface area contributed by atoms with Crippen LogP contribution in [0.3, 0.4) is 0 Å². The minimum atomic E-state index is -0.350. The van der Waals surface area contributed by atoms with Crippen molar-refractivity contribution in [3.05, 3.63) is 35.4 Å². The van der Waals surface area contributed by atoms with E-state index in [1.165, 1.54) is 0 Å². The van der Waals surface area contributed by atoms with E-state index < -0.39 is 0 Å². The Balaban J connectivity index is 2.06. The molecule has 0 radical (unpaired) electrons. The molecule has 0 atom stereocenters. The van der Waals surface area contributed by atoms with Gasteiger partial charge >= 0.3 is 0 Å². The number of hydrogen-bond donors (Lipinski definition) is 2. The number of carbonyl (C=O) groups excluding carboxylic acids is 1. The summed E-state index contributed by atoms with van der Waals surface area (Å²) in [5.41, 5.74) is 7.12. The maximum atomic E-state index is 11.8. The van der Waals surface area contributed by atoms with Crippen LogP contribution < -0.4 is 5.73 Å². The summed E-state index contributed by atoms with van der Waals surface area (Å²) >= 11 is 0. The van der Waals surface area contributed by atoms with Crippen molar-refractivity contribution in [1.29, 1.82) is 0 Å². The fraction of sp³-hybridized carbons (Fsp3) is 0.364. The first-order valence-electron chi connectivity index (χ1n) is 4.97. The van der Waals surface area contributed by atoms with Crippen molar-refractivity contribution in [2.45, 2.75) is 12.6 Å². The van der Waals surface area contributed by atoms with Gasteiger partial charge < -0.3 is 15.7 Å². The Labute approximate surface area is 88.3 Å². The largest absolute Gasteiger partial charge is 0.389 e. The van der Waals surface area contributed by atoms with Crippen LogP contribution in [-0.2, 0) is 6.54 Å². The maximum absolute atomic E-state index is 11.8. The molecule has 3 N–H and O–H groups in total. The van der Waals surface area contributed by atoms with E-state index in [0.717, 1.165) is 5.56 Å². The Bertz CT molecular complexity index is 355. The molecular weight excluding hydrogens is 192 g/mol. The molecule has 0 aliphatic carbocycles. The molecule has 1 heterocycles. The number of nitrogens with zero attached hydrogens (tertiary/aromatic N) is 1. The molecule has 1 aliphatic rings. The molecule has 1 aromatic carbocycles. The first-order valence-corrected chi connectivity index (χ1v) is 4.97. The number of nitrogens with two attached hydrogens (primary N) is 1. The van der Waals surface area contributed by atoms with Crippen molar-refractivity contribution in [3.8, 4) is 0 Å². The van der Waals surface area contributed by atoms with Crippen LogP contribution in [0.1, 0.15) is 15.9 Å². The van der Waals surface area contributed by atoms with Crippen LogP contribution in [0.2, 0.25) is 0 Å². The van der Waals surface area contributed by atoms with Crippen LogP contribution in [0.15, 0.2) is 24.3 Å². The first kappa shape index (κ1) is 10.1. The molecule has 0 spiro atoms. The van der Waals surface area contributed by atoms with Gasteiger partial charge in [-0.1, -0.05) is 12.1 Å². The van der Waals surface area contributed by atoms with Gasteiger partial charge in [0.25, 0.3) is 5.91 Å². The van der Waals surface area contributed by atoms with E-state index in [1.807, 2.05) is 12.1 Å². The second kappa shape index (κ2) is 4.00. The number of carbonyl (C=O) groups is 1. The normalized spacial score (nSPS) is 16.3. The van der Waals surface area contributed by atoms with E-state index in [9.17, 15) is 4.79 Å². The van der Waals surface area contributed by atoms with Crippen molar-refractivity contribution in [1.82, 2.24) is 4.90 Å². The van der Waals surface area contributed by atoms with Crippen LogP contribution in [0.4, 0.5) is 0 Å². The van der Waals surface area contributed by atoms with Crippen LogP contribution in [0.25, 0.3) is 0 Å². The number of aliphatic hydroxyl groups is 1. The minimum absolute atomic E-state index is 0.0242. The maximum Gasteiger partial charge on any atom is 0.254 e. The van der Waals surface area contributed by atoms with Crippen molar-refractivity contribution in [2.75, 3.05) is 13.1 Å². The van der Waals surface area contributed by atoms with E-state index >= 15 is 0 Å². The first-order chi connectivity index (χ1) is 7.20. The lowest BCUT2D eigenvalue weighted by Crippen LogP contribution is -2.53. The number of rotatable bonds is 2. The highest BCUT2D eigenvalue weighted by molar-refractivity contribution is 5.94. The zero-order valence-electron chi connectivity index (χ0n) is 8.39. The van der Waals surface area contributed by atoms with E-state index in [-0.39, 0.29) is 12.0 Å². The highest BCUT2D eigenvalue weighted by Crippen LogP contribution is 2.13. The zero-order valence-corrected chi connectivity index (χ0v) is 8.39. The Morgan fingerprint density at radius 2 is 2.00 bits per heavy atom. The summed E-state index contributed by atoms with van der Waals surface area (Å²) in [6, 6.07) is 7.25. The average Bonchev–Trinajstić information content (AvgIpc) is 2.24. The topological polar surface area (TPSA) is 66.6 Å². The van der Waals surface area contributed by atoms with Gasteiger partial charge in [0, 0.05) is 25.2 Å². The number of β-amino-alcohol motifs (C(OH)–C–C–N with tert-alkyl or cyclic N) is 1. The summed E-state index contributed by atoms with van der Waals surface area (Å²) in [6.45, 7) is 1.37. The summed E-state index contributed by atoms with van der Waals surface area (Å²) in [7, 11) is 0. The third-order valence-electron chi connectivity index (χ3n) is 2.59. The van der Waals surface area contributed by atoms with Gasteiger partial charge in [-0.15, -0.1) is 0 Å². The molecule has 4 nitrogen and oxygen atoms in total. The van der Waals surface area contributed by atoms with Gasteiger partial charge in [0.2, 0.25) is 0 Å². The van der Waals surface area contributed by atoms with Crippen LogP contribution in [0, 0.1) is 0 Å². The molecule has 4 heteroatoms. The van der Waals surface area contributed by atoms with Gasteiger partial charge in [-0.25, -0.2) is 0 Å². The molecule has 0 unspecified atom stereocenters. The number of hydrogen-bond acceptors (Lipinski definition) is 3. The Hall–Kier alpha value is -1.39. The van der Waals surface area contributed by atoms with E-state index in [2.05, 4.69) is 0 Å². The quantitative estimate of drug-likeness (QED) is 0.713. The molecule has 1 fully saturated rings. The summed E-state index contributed by atoms with van der Waals surface area (Å²) in [5.74, 6) is -0.0242. The number of likely N-dealkylation sites (tertiary alicyclic amines) is 1. The smallest absolute Gasteiger partial charge is 0.254 e. The van der Waals surface area contributed by atoms with E-state index in [1.54, 1.807) is 17.0 Å². The summed E-state index contributed by atoms with van der Waals surface area (Å²) < 4.78 is 0. The standard InChI is InChI=1S/C11H14N2O2/c12-5-8-1-3-9(4-2-8)11(15)13-6-10(14)7-13/h1-4,10,14H,5-7,12H2. The third kappa shape index (κ3) is 2.00. The molecule has 2 rings (SSSR count). The van der Waals surface area contributed by atoms with Crippen molar-refractivity contribution >= 4 is 5.91 Å². The molecule has 0 bridgehead atoms. The number of benzene rings is 1. The molecule has 0 saturated carbocycles. The number of aliphatic hydroxyl groups excluding tert-OH is 1. The third-order valence-corrected chi connectivity index (χ3v) is 2.59. The van der Waals surface area contributed by atoms with Crippen LogP contribution >= 0.6 is 0 Å². The lowest BCUT2D eigenvalue weighted by atomic mass is 10.1. The van der Waals surface area contributed by atoms with Crippen LogP contribution in [0.5, 0.6) is 0 Å². The van der Waals surface area contributed by atoms with Crippen LogP contribution in [-0.4, -0.2) is 35.1 Å². The van der Waals surface area contributed by atoms with E-state index in [4.69, 9.17) is 10.8 Å². The Morgan fingerprint density at radius 1 is 1.40 bits per heavy atom. The fourth-order valence-corrected chi connectivity index (χ4v) is 1.59. The average molecular weight is 206 g/mol. The zero-order chi connectivity index (χ0) is 10.8. The molecule has 0 aromatic heterocycles. The highest BCUT2D eigenvalue weighted by atomic mass is 16.3. The van der Waals surface area contributed by atoms with Gasteiger partial charge in [0.15, 0.2) is 0 Å². The lowest BCUT2D eigenvalue weighted by molar-refractivity contribution is 0.00589. The predicted octanol–water partition coefficient (Wildman–Crippen LogP) is -0.0380. The number of amides is 1. The monoisotopic (exact) mass is 206 g/mol. The van der Waals surface area contributed by atoms with Crippen molar-refractivity contribution < 1.29 is 9.90 Å². The second-order valence-corrected chi connectivity index (χ2v) is 3.77. The minimum Gasteiger partial charge on any atom is -0.389 e. The van der Waals surface area contributed by atoms with Gasteiger partial charge in [-0.05, 0) is 17.7 Å². The van der Waals surface area contributed by atoms with Gasteiger partial charge in [-0.3, -0.25) is 4.79 Å². The molecule has 1 aliphatic heterocycles. The Morgan fingerprint density at radius 3 is 2.47 bits per heavy atom. The molecule has 1 aromatic rings. The molecule has 15 heavy (non-hydrogen) atoms. The molecule has 1 saturated heterocycles. The lowest BCUT2D eigenvalue weighted by Gasteiger charge is -2.35. The van der Waals surface area contributed by atoms with E-state index in [0.29, 0.717) is 25.2 Å². The molecule has 1 amide bonds. The summed E-state index contributed by atoms with van der Waals surface area (Å²) in [6.07, 6.45) is -0.350. The van der Waals surface area contributed by atoms with Crippen molar-refractivity contribution in [3.63, 3.8) is 0 Å². The summed E-state index contributed by atoms with van der Waals surface area (Å²) in [5, 5.41) is 9.09.